The van der Waals surface area contributed by atoms with Crippen molar-refractivity contribution in [3.8, 4) is 11.1 Å². The smallest absolute Gasteiger partial charge is 0.260 e. The molecule has 4 aromatic carbocycles. The highest BCUT2D eigenvalue weighted by molar-refractivity contribution is 6.35. The molecular formula is C37H35ClN4O2. The minimum atomic E-state index is -0.138. The van der Waals surface area contributed by atoms with Crippen LogP contribution in [0.25, 0.3) is 21.9 Å². The van der Waals surface area contributed by atoms with Gasteiger partial charge in [-0.05, 0) is 71.6 Å². The Labute approximate surface area is 263 Å². The summed E-state index contributed by atoms with van der Waals surface area (Å²) in [6.07, 6.45) is 0.979. The highest BCUT2D eigenvalue weighted by atomic mass is 35.5. The Morgan fingerprint density at radius 3 is 2.50 bits per heavy atom. The zero-order valence-corrected chi connectivity index (χ0v) is 25.7. The molecule has 2 amide bonds. The number of amides is 2. The molecule has 7 heteroatoms. The molecule has 1 atom stereocenters. The summed E-state index contributed by atoms with van der Waals surface area (Å²) in [6.45, 7) is 7.77. The van der Waals surface area contributed by atoms with Gasteiger partial charge in [-0.1, -0.05) is 78.3 Å². The molecule has 2 aliphatic heterocycles. The molecule has 1 fully saturated rings. The first-order chi connectivity index (χ1) is 21.4. The van der Waals surface area contributed by atoms with Gasteiger partial charge in [0.15, 0.2) is 0 Å². The normalized spacial score (nSPS) is 17.0. The molecule has 0 spiro atoms. The molecule has 44 heavy (non-hydrogen) atoms. The predicted molar refractivity (Wildman–Crippen MR) is 177 cm³/mol. The second-order valence-corrected chi connectivity index (χ2v) is 12.4. The van der Waals surface area contributed by atoms with Gasteiger partial charge < -0.3 is 14.4 Å². The fourth-order valence-corrected chi connectivity index (χ4v) is 7.07. The van der Waals surface area contributed by atoms with Gasteiger partial charge in [-0.15, -0.1) is 0 Å². The minimum absolute atomic E-state index is 0.0529. The van der Waals surface area contributed by atoms with Gasteiger partial charge in [0.1, 0.15) is 0 Å². The third-order valence-corrected chi connectivity index (χ3v) is 9.55. The number of nitrogens with zero attached hydrogens (tertiary/aromatic N) is 4. The number of carbonyl (C=O) groups excluding carboxylic acids is 2. The molecule has 6 nitrogen and oxygen atoms in total. The van der Waals surface area contributed by atoms with Gasteiger partial charge in [0.05, 0.1) is 23.2 Å². The van der Waals surface area contributed by atoms with Gasteiger partial charge in [-0.3, -0.25) is 14.5 Å². The molecule has 2 aliphatic rings. The fraction of sp³-hybridized carbons (Fsp3) is 0.243. The summed E-state index contributed by atoms with van der Waals surface area (Å²) in [7, 11) is 0. The second kappa shape index (κ2) is 11.6. The summed E-state index contributed by atoms with van der Waals surface area (Å²) in [4.78, 5) is 32.6. The molecule has 1 saturated heterocycles. The second-order valence-electron chi connectivity index (χ2n) is 12.0. The van der Waals surface area contributed by atoms with Crippen LogP contribution in [0.2, 0.25) is 5.02 Å². The Morgan fingerprint density at radius 2 is 1.68 bits per heavy atom. The van der Waals surface area contributed by atoms with Gasteiger partial charge in [0.2, 0.25) is 6.41 Å². The maximum Gasteiger partial charge on any atom is 0.260 e. The molecule has 1 aromatic heterocycles. The van der Waals surface area contributed by atoms with Crippen LogP contribution in [0.5, 0.6) is 0 Å². The number of rotatable bonds is 5. The van der Waals surface area contributed by atoms with E-state index in [0.29, 0.717) is 36.3 Å². The number of halogens is 1. The number of benzene rings is 4. The van der Waals surface area contributed by atoms with E-state index in [1.54, 1.807) is 0 Å². The number of anilines is 1. The largest absolute Gasteiger partial charge is 0.340 e. The zero-order chi connectivity index (χ0) is 30.4. The maximum atomic E-state index is 14.3. The average Bonchev–Trinajstić information content (AvgIpc) is 3.36. The van der Waals surface area contributed by atoms with Crippen LogP contribution in [-0.4, -0.2) is 52.4 Å². The van der Waals surface area contributed by atoms with E-state index in [1.807, 2.05) is 64.4 Å². The number of aromatic nitrogens is 1. The maximum absolute atomic E-state index is 14.3. The first-order valence-corrected chi connectivity index (χ1v) is 15.6. The average molecular weight is 603 g/mol. The van der Waals surface area contributed by atoms with Crippen molar-refractivity contribution < 1.29 is 9.59 Å². The predicted octanol–water partition coefficient (Wildman–Crippen LogP) is 7.39. The van der Waals surface area contributed by atoms with Crippen molar-refractivity contribution in [1.82, 2.24) is 14.4 Å². The van der Waals surface area contributed by atoms with E-state index in [-0.39, 0.29) is 11.9 Å². The van der Waals surface area contributed by atoms with Crippen LogP contribution in [0.15, 0.2) is 97.1 Å². The van der Waals surface area contributed by atoms with Crippen molar-refractivity contribution in [2.75, 3.05) is 24.5 Å². The topological polar surface area (TPSA) is 48.8 Å². The molecule has 0 N–H and O–H groups in total. The van der Waals surface area contributed by atoms with Crippen molar-refractivity contribution >= 4 is 40.4 Å². The van der Waals surface area contributed by atoms with E-state index in [2.05, 4.69) is 65.8 Å². The summed E-state index contributed by atoms with van der Waals surface area (Å²) < 4.78 is 2.29. The first-order valence-electron chi connectivity index (χ1n) is 15.2. The van der Waals surface area contributed by atoms with Crippen LogP contribution in [-0.2, 0) is 17.9 Å². The van der Waals surface area contributed by atoms with Crippen LogP contribution in [0.1, 0.15) is 47.2 Å². The molecule has 3 heterocycles. The van der Waals surface area contributed by atoms with Crippen LogP contribution in [0.3, 0.4) is 0 Å². The van der Waals surface area contributed by atoms with E-state index in [4.69, 9.17) is 11.6 Å². The SMILES string of the molecule is CC(C)N1CCN(C=O)C(c2ccc3n2Cc2ccccc2N(C(=O)c2ccc(-c4cccc5ccccc45)cc2Cl)C3)C1. The van der Waals surface area contributed by atoms with Crippen LogP contribution in [0, 0.1) is 0 Å². The summed E-state index contributed by atoms with van der Waals surface area (Å²) >= 11 is 6.89. The van der Waals surface area contributed by atoms with E-state index >= 15 is 0 Å². The Balaban J connectivity index is 1.24. The summed E-state index contributed by atoms with van der Waals surface area (Å²) in [5.41, 5.74) is 6.58. The molecule has 222 valence electrons. The van der Waals surface area contributed by atoms with Crippen molar-refractivity contribution in [2.24, 2.45) is 0 Å². The molecule has 5 aromatic rings. The summed E-state index contributed by atoms with van der Waals surface area (Å²) in [5, 5.41) is 2.73. The molecule has 0 radical (unpaired) electrons. The molecule has 0 saturated carbocycles. The molecule has 0 aliphatic carbocycles. The number of carbonyl (C=O) groups is 2. The Morgan fingerprint density at radius 1 is 0.886 bits per heavy atom. The van der Waals surface area contributed by atoms with Gasteiger partial charge in [0, 0.05) is 49.3 Å². The fourth-order valence-electron chi connectivity index (χ4n) is 6.81. The zero-order valence-electron chi connectivity index (χ0n) is 25.0. The van der Waals surface area contributed by atoms with Gasteiger partial charge in [0.25, 0.3) is 5.91 Å². The van der Waals surface area contributed by atoms with Crippen molar-refractivity contribution in [2.45, 2.75) is 39.0 Å². The minimum Gasteiger partial charge on any atom is -0.340 e. The standard InChI is InChI=1S/C37H35ClN4O2/c1-25(2)39-18-19-40(24-43)36(23-39)35-17-15-29-22-42(34-13-6-4-9-28(34)21-41(29)35)37(44)32-16-14-27(20-33(32)38)31-12-7-10-26-8-3-5-11-30(26)31/h3-17,20,24-25,36H,18-19,21-23H2,1-2H3. The van der Waals surface area contributed by atoms with Crippen molar-refractivity contribution in [3.63, 3.8) is 0 Å². The third kappa shape index (κ3) is 4.98. The van der Waals surface area contributed by atoms with E-state index in [1.165, 1.54) is 0 Å². The lowest BCUT2D eigenvalue weighted by atomic mass is 9.97. The highest BCUT2D eigenvalue weighted by Crippen LogP contribution is 2.36. The van der Waals surface area contributed by atoms with Gasteiger partial charge >= 0.3 is 0 Å². The number of para-hydroxylation sites is 1. The van der Waals surface area contributed by atoms with Crippen molar-refractivity contribution in [1.29, 1.82) is 0 Å². The van der Waals surface area contributed by atoms with E-state index in [9.17, 15) is 9.59 Å². The van der Waals surface area contributed by atoms with Crippen LogP contribution < -0.4 is 4.90 Å². The van der Waals surface area contributed by atoms with Crippen LogP contribution in [0.4, 0.5) is 5.69 Å². The highest BCUT2D eigenvalue weighted by Gasteiger charge is 2.33. The molecule has 7 rings (SSSR count). The lowest BCUT2D eigenvalue weighted by Gasteiger charge is -2.41. The number of hydrogen-bond acceptors (Lipinski definition) is 3. The van der Waals surface area contributed by atoms with Gasteiger partial charge in [-0.2, -0.15) is 0 Å². The van der Waals surface area contributed by atoms with E-state index in [0.717, 1.165) is 64.0 Å². The summed E-state index contributed by atoms with van der Waals surface area (Å²) in [5.74, 6) is -0.138. The van der Waals surface area contributed by atoms with E-state index < -0.39 is 0 Å². The number of hydrogen-bond donors (Lipinski definition) is 0. The molecule has 1 unspecified atom stereocenters. The third-order valence-electron chi connectivity index (χ3n) is 9.24. The monoisotopic (exact) mass is 602 g/mol. The van der Waals surface area contributed by atoms with Crippen LogP contribution >= 0.6 is 11.6 Å². The Bertz CT molecular complexity index is 1870. The lowest BCUT2D eigenvalue weighted by Crippen LogP contribution is -2.50. The molecular weight excluding hydrogens is 568 g/mol. The van der Waals surface area contributed by atoms with Gasteiger partial charge in [-0.25, -0.2) is 0 Å². The Hall–Kier alpha value is -4.39. The first kappa shape index (κ1) is 28.4. The lowest BCUT2D eigenvalue weighted by molar-refractivity contribution is -0.123. The summed E-state index contributed by atoms with van der Waals surface area (Å²) in [6, 6.07) is 32.9. The Kier molecular flexibility index (Phi) is 7.48. The number of piperazine rings is 1. The quantitative estimate of drug-likeness (QED) is 0.197. The van der Waals surface area contributed by atoms with Crippen molar-refractivity contribution in [3.05, 3.63) is 125 Å². The number of fused-ring (bicyclic) bond motifs is 3. The molecule has 0 bridgehead atoms.